The molecule has 0 bridgehead atoms. The van der Waals surface area contributed by atoms with Crippen LogP contribution in [0, 0.1) is 0 Å². The number of nitrogens with one attached hydrogen (secondary N) is 1. The van der Waals surface area contributed by atoms with Crippen molar-refractivity contribution in [1.29, 1.82) is 0 Å². The molecule has 162 valence electrons. The summed E-state index contributed by atoms with van der Waals surface area (Å²) >= 11 is 0. The lowest BCUT2D eigenvalue weighted by atomic mass is 10.1. The van der Waals surface area contributed by atoms with E-state index in [4.69, 9.17) is 10.1 Å². The van der Waals surface area contributed by atoms with Crippen molar-refractivity contribution in [2.75, 3.05) is 38.1 Å². The third kappa shape index (κ3) is 4.28. The summed E-state index contributed by atoms with van der Waals surface area (Å²) in [6, 6.07) is 14.4. The second-order valence-corrected chi connectivity index (χ2v) is 8.76. The maximum Gasteiger partial charge on any atom is 0.272 e. The average molecular weight is 419 g/mol. The van der Waals surface area contributed by atoms with Crippen molar-refractivity contribution in [3.8, 4) is 11.3 Å². The molecular formula is C24H30N6O. The van der Waals surface area contributed by atoms with Crippen molar-refractivity contribution in [3.63, 3.8) is 0 Å². The topological polar surface area (TPSA) is 65.8 Å². The van der Waals surface area contributed by atoms with Crippen LogP contribution in [0.15, 0.2) is 42.5 Å². The smallest absolute Gasteiger partial charge is 0.272 e. The van der Waals surface area contributed by atoms with Gasteiger partial charge >= 0.3 is 0 Å². The Morgan fingerprint density at radius 3 is 2.48 bits per heavy atom. The molecule has 7 nitrogen and oxygen atoms in total. The Hall–Kier alpha value is -2.93. The van der Waals surface area contributed by atoms with Crippen molar-refractivity contribution in [2.24, 2.45) is 0 Å². The first-order chi connectivity index (χ1) is 15.2. The molecule has 0 atom stereocenters. The molecule has 1 amide bonds. The van der Waals surface area contributed by atoms with E-state index < -0.39 is 0 Å². The maximum absolute atomic E-state index is 13.0. The Morgan fingerprint density at radius 1 is 1.00 bits per heavy atom. The van der Waals surface area contributed by atoms with E-state index in [1.807, 2.05) is 28.8 Å². The van der Waals surface area contributed by atoms with E-state index in [1.54, 1.807) is 0 Å². The van der Waals surface area contributed by atoms with E-state index >= 15 is 0 Å². The zero-order valence-electron chi connectivity index (χ0n) is 18.1. The Balaban J connectivity index is 1.49. The van der Waals surface area contributed by atoms with E-state index in [1.165, 1.54) is 19.3 Å². The van der Waals surface area contributed by atoms with E-state index in [2.05, 4.69) is 40.4 Å². The summed E-state index contributed by atoms with van der Waals surface area (Å²) in [5.74, 6) is 0.910. The normalized spacial score (nSPS) is 18.4. The van der Waals surface area contributed by atoms with Crippen molar-refractivity contribution < 1.29 is 4.79 Å². The lowest BCUT2D eigenvalue weighted by Crippen LogP contribution is -2.43. The number of benzene rings is 1. The molecule has 5 rings (SSSR count). The number of aromatic nitrogens is 3. The lowest BCUT2D eigenvalue weighted by Gasteiger charge is -2.29. The minimum absolute atomic E-state index is 0.106. The summed E-state index contributed by atoms with van der Waals surface area (Å²) < 4.78 is 1.85. The molecule has 2 fully saturated rings. The third-order valence-corrected chi connectivity index (χ3v) is 6.44. The molecule has 3 aromatic rings. The first kappa shape index (κ1) is 20.0. The quantitative estimate of drug-likeness (QED) is 0.705. The maximum atomic E-state index is 13.0. The molecule has 7 heteroatoms. The highest BCUT2D eigenvalue weighted by molar-refractivity contribution is 5.93. The van der Waals surface area contributed by atoms with Gasteiger partial charge in [-0.2, -0.15) is 9.61 Å². The predicted molar refractivity (Wildman–Crippen MR) is 122 cm³/mol. The fraction of sp³-hybridized carbons (Fsp3) is 0.458. The summed E-state index contributed by atoms with van der Waals surface area (Å²) in [4.78, 5) is 22.5. The van der Waals surface area contributed by atoms with Gasteiger partial charge in [0.1, 0.15) is 5.82 Å². The standard InChI is InChI=1S/C24H30N6O/c1-28-14-10-19(11-15-28)25-24(31)21-16-22-26-20(18-8-4-2-5-9-18)17-23(30(22)27-21)29-12-6-3-7-13-29/h2,4-5,8-9,16-17,19H,3,6-7,10-15H2,1H3,(H,25,31). The van der Waals surface area contributed by atoms with E-state index in [0.29, 0.717) is 5.69 Å². The largest absolute Gasteiger partial charge is 0.356 e. The molecule has 0 unspecified atom stereocenters. The van der Waals surface area contributed by atoms with E-state index in [0.717, 1.165) is 61.7 Å². The SMILES string of the molecule is CN1CCC(NC(=O)c2cc3nc(-c4ccccc4)cc(N4CCCCC4)n3n2)CC1. The second kappa shape index (κ2) is 8.67. The first-order valence-electron chi connectivity index (χ1n) is 11.4. The number of carbonyl (C=O) groups excluding carboxylic acids is 1. The van der Waals surface area contributed by atoms with Gasteiger partial charge in [-0.05, 0) is 52.2 Å². The van der Waals surface area contributed by atoms with Crippen molar-refractivity contribution >= 4 is 17.4 Å². The van der Waals surface area contributed by atoms with Gasteiger partial charge in [0.2, 0.25) is 0 Å². The number of nitrogens with zero attached hydrogens (tertiary/aromatic N) is 5. The number of piperidine rings is 2. The monoisotopic (exact) mass is 418 g/mol. The Bertz CT molecular complexity index is 1050. The van der Waals surface area contributed by atoms with Crippen molar-refractivity contribution in [3.05, 3.63) is 48.2 Å². The van der Waals surface area contributed by atoms with Gasteiger partial charge in [-0.1, -0.05) is 30.3 Å². The van der Waals surface area contributed by atoms with Crippen LogP contribution in [0.5, 0.6) is 0 Å². The number of amides is 1. The van der Waals surface area contributed by atoms with Gasteiger partial charge in [-0.15, -0.1) is 0 Å². The number of fused-ring (bicyclic) bond motifs is 1. The molecule has 2 aromatic heterocycles. The third-order valence-electron chi connectivity index (χ3n) is 6.44. The fourth-order valence-corrected chi connectivity index (χ4v) is 4.59. The zero-order valence-corrected chi connectivity index (χ0v) is 18.1. The Morgan fingerprint density at radius 2 is 1.74 bits per heavy atom. The second-order valence-electron chi connectivity index (χ2n) is 8.76. The van der Waals surface area contributed by atoms with Crippen LogP contribution in [0.2, 0.25) is 0 Å². The fourth-order valence-electron chi connectivity index (χ4n) is 4.59. The molecule has 31 heavy (non-hydrogen) atoms. The molecular weight excluding hydrogens is 388 g/mol. The molecule has 0 spiro atoms. The van der Waals surface area contributed by atoms with Gasteiger partial charge in [0.05, 0.1) is 5.69 Å². The van der Waals surface area contributed by atoms with Gasteiger partial charge in [0, 0.05) is 36.8 Å². The van der Waals surface area contributed by atoms with Crippen LogP contribution in [0.3, 0.4) is 0 Å². The molecule has 0 saturated carbocycles. The van der Waals surface area contributed by atoms with Gasteiger partial charge in [-0.25, -0.2) is 4.98 Å². The Kier molecular flexibility index (Phi) is 5.59. The van der Waals surface area contributed by atoms with Gasteiger partial charge in [0.25, 0.3) is 5.91 Å². The molecule has 4 heterocycles. The van der Waals surface area contributed by atoms with Crippen molar-refractivity contribution in [2.45, 2.75) is 38.1 Å². The summed E-state index contributed by atoms with van der Waals surface area (Å²) in [6.07, 6.45) is 5.57. The van der Waals surface area contributed by atoms with E-state index in [-0.39, 0.29) is 11.9 Å². The highest BCUT2D eigenvalue weighted by Crippen LogP contribution is 2.27. The highest BCUT2D eigenvalue weighted by Gasteiger charge is 2.23. The average Bonchev–Trinajstić information content (AvgIpc) is 3.26. The van der Waals surface area contributed by atoms with Crippen LogP contribution in [-0.4, -0.2) is 64.7 Å². The summed E-state index contributed by atoms with van der Waals surface area (Å²) in [7, 11) is 2.12. The number of likely N-dealkylation sites (tertiary alicyclic amines) is 1. The van der Waals surface area contributed by atoms with Crippen LogP contribution in [-0.2, 0) is 0 Å². The number of hydrogen-bond acceptors (Lipinski definition) is 5. The first-order valence-corrected chi connectivity index (χ1v) is 11.4. The predicted octanol–water partition coefficient (Wildman–Crippen LogP) is 3.21. The van der Waals surface area contributed by atoms with Crippen LogP contribution in [0.1, 0.15) is 42.6 Å². The number of anilines is 1. The molecule has 1 aromatic carbocycles. The minimum Gasteiger partial charge on any atom is -0.356 e. The summed E-state index contributed by atoms with van der Waals surface area (Å²) in [5.41, 5.74) is 3.14. The van der Waals surface area contributed by atoms with Crippen LogP contribution >= 0.6 is 0 Å². The highest BCUT2D eigenvalue weighted by atomic mass is 16.2. The minimum atomic E-state index is -0.106. The van der Waals surface area contributed by atoms with E-state index in [9.17, 15) is 4.79 Å². The molecule has 0 radical (unpaired) electrons. The van der Waals surface area contributed by atoms with Gasteiger partial charge in [-0.3, -0.25) is 4.79 Å². The van der Waals surface area contributed by atoms with Crippen LogP contribution in [0.4, 0.5) is 5.82 Å². The molecule has 1 N–H and O–H groups in total. The van der Waals surface area contributed by atoms with Crippen LogP contribution < -0.4 is 10.2 Å². The zero-order chi connectivity index (χ0) is 21.2. The van der Waals surface area contributed by atoms with Crippen molar-refractivity contribution in [1.82, 2.24) is 24.8 Å². The number of carbonyl (C=O) groups is 1. The van der Waals surface area contributed by atoms with Crippen LogP contribution in [0.25, 0.3) is 16.9 Å². The lowest BCUT2D eigenvalue weighted by molar-refractivity contribution is 0.0911. The number of hydrogen-bond donors (Lipinski definition) is 1. The number of rotatable bonds is 4. The summed E-state index contributed by atoms with van der Waals surface area (Å²) in [6.45, 7) is 4.03. The van der Waals surface area contributed by atoms with Gasteiger partial charge in [0.15, 0.2) is 11.3 Å². The summed E-state index contributed by atoms with van der Waals surface area (Å²) in [5, 5.41) is 7.87. The molecule has 0 aliphatic carbocycles. The van der Waals surface area contributed by atoms with Gasteiger partial charge < -0.3 is 15.1 Å². The molecule has 2 aliphatic rings. The molecule has 2 aliphatic heterocycles. The Labute approximate surface area is 183 Å². The molecule has 2 saturated heterocycles.